The maximum absolute atomic E-state index is 10.3. The van der Waals surface area contributed by atoms with Gasteiger partial charge in [0.05, 0.1) is 0 Å². The van der Waals surface area contributed by atoms with Gasteiger partial charge in [0.1, 0.15) is 0 Å². The molecule has 0 aromatic carbocycles. The minimum atomic E-state index is -0.729. The van der Waals surface area contributed by atoms with Crippen LogP contribution in [0.4, 0.5) is 0 Å². The van der Waals surface area contributed by atoms with E-state index in [1.807, 2.05) is 6.08 Å². The number of hydrogen-bond acceptors (Lipinski definition) is 2. The summed E-state index contributed by atoms with van der Waals surface area (Å²) in [6, 6.07) is 0. The molecule has 4 nitrogen and oxygen atoms in total. The topological polar surface area (TPSA) is 74.6 Å². The first-order chi connectivity index (χ1) is 23.5. The summed E-state index contributed by atoms with van der Waals surface area (Å²) in [7, 11) is 0. The molecule has 0 aliphatic carbocycles. The van der Waals surface area contributed by atoms with E-state index in [1.165, 1.54) is 0 Å². The molecule has 48 heavy (non-hydrogen) atoms. The summed E-state index contributed by atoms with van der Waals surface area (Å²) in [5, 5.41) is 17.0. The summed E-state index contributed by atoms with van der Waals surface area (Å²) in [6.07, 6.45) is 62.7. The Morgan fingerprint density at radius 1 is 0.333 bits per heavy atom. The summed E-state index contributed by atoms with van der Waals surface area (Å²) in [4.78, 5) is 20.7. The van der Waals surface area contributed by atoms with E-state index in [2.05, 4.69) is 129 Å². The van der Waals surface area contributed by atoms with Gasteiger partial charge in [0, 0.05) is 12.8 Å². The third-order valence-corrected chi connectivity index (χ3v) is 6.79. The molecule has 0 aliphatic rings. The summed E-state index contributed by atoms with van der Waals surface area (Å²) in [6.45, 7) is 4.31. The van der Waals surface area contributed by atoms with Crippen LogP contribution in [-0.2, 0) is 9.59 Å². The van der Waals surface area contributed by atoms with Crippen LogP contribution in [0.1, 0.15) is 142 Å². The van der Waals surface area contributed by atoms with Crippen LogP contribution in [-0.4, -0.2) is 22.2 Å². The van der Waals surface area contributed by atoms with Crippen molar-refractivity contribution in [2.45, 2.75) is 142 Å². The molecule has 0 spiro atoms. The van der Waals surface area contributed by atoms with Crippen molar-refractivity contribution in [2.24, 2.45) is 0 Å². The Kier molecular flexibility index (Phi) is 41.9. The zero-order valence-corrected chi connectivity index (χ0v) is 30.4. The maximum atomic E-state index is 10.3. The van der Waals surface area contributed by atoms with Gasteiger partial charge in [-0.1, -0.05) is 142 Å². The molecule has 0 fully saturated rings. The summed E-state index contributed by atoms with van der Waals surface area (Å²) in [5.74, 6) is -1.42. The lowest BCUT2D eigenvalue weighted by molar-refractivity contribution is -0.138. The number of aliphatic carboxylic acids is 2. The summed E-state index contributed by atoms with van der Waals surface area (Å²) < 4.78 is 0. The van der Waals surface area contributed by atoms with Crippen LogP contribution in [0.3, 0.4) is 0 Å². The number of allylic oxidation sites excluding steroid dienone is 20. The monoisotopic (exact) mass is 661 g/mol. The number of rotatable bonds is 30. The number of carboxylic acid groups (broad SMARTS) is 2. The standard InChI is InChI=1S/2C22H34O2/c2*1-2-3-4-5-6-7-8-9-10-11-12-13-14-15-16-17-18-19-20-21-22(23)24/h3-4,7-8,10-11,14-15,18-19H,2,5-6,9,12-13,16-17,20-21H2,1H3,(H,23,24);3-4,6-7,9-10,12-13,15-16H,2,5,8,11,14,17-21H2,1H3,(H,23,24)/b;4-3-,7-6-,10-9-,13-12-,16-15-. The highest BCUT2D eigenvalue weighted by Gasteiger charge is 1.95. The molecule has 0 unspecified atom stereocenters. The van der Waals surface area contributed by atoms with Gasteiger partial charge in [-0.15, -0.1) is 0 Å². The van der Waals surface area contributed by atoms with E-state index in [9.17, 15) is 9.59 Å². The molecular formula is C44H68O4. The molecule has 0 aromatic rings. The van der Waals surface area contributed by atoms with Gasteiger partial charge < -0.3 is 10.2 Å². The maximum Gasteiger partial charge on any atom is 0.303 e. The first-order valence-electron chi connectivity index (χ1n) is 18.5. The minimum Gasteiger partial charge on any atom is -0.481 e. The van der Waals surface area contributed by atoms with E-state index < -0.39 is 11.9 Å². The zero-order valence-electron chi connectivity index (χ0n) is 30.4. The van der Waals surface area contributed by atoms with Crippen LogP contribution >= 0.6 is 0 Å². The molecule has 4 heteroatoms. The largest absolute Gasteiger partial charge is 0.481 e. The first kappa shape index (κ1) is 46.5. The van der Waals surface area contributed by atoms with E-state index in [-0.39, 0.29) is 6.42 Å². The van der Waals surface area contributed by atoms with Crippen molar-refractivity contribution in [3.05, 3.63) is 122 Å². The van der Waals surface area contributed by atoms with Crippen molar-refractivity contribution in [2.75, 3.05) is 0 Å². The number of unbranched alkanes of at least 4 members (excludes halogenated alkanes) is 6. The normalized spacial score (nSPS) is 12.7. The Morgan fingerprint density at radius 3 is 1.02 bits per heavy atom. The molecule has 0 amide bonds. The lowest BCUT2D eigenvalue weighted by Crippen LogP contribution is -1.93. The van der Waals surface area contributed by atoms with Crippen molar-refractivity contribution >= 4 is 11.9 Å². The predicted octanol–water partition coefficient (Wildman–Crippen LogP) is 13.5. The molecule has 0 atom stereocenters. The minimum absolute atomic E-state index is 0.226. The van der Waals surface area contributed by atoms with Gasteiger partial charge >= 0.3 is 11.9 Å². The molecule has 0 bridgehead atoms. The second kappa shape index (κ2) is 43.3. The number of carbonyl (C=O) groups is 2. The van der Waals surface area contributed by atoms with Crippen LogP contribution < -0.4 is 0 Å². The van der Waals surface area contributed by atoms with Crippen molar-refractivity contribution in [3.63, 3.8) is 0 Å². The van der Waals surface area contributed by atoms with Crippen LogP contribution in [0.25, 0.3) is 0 Å². The van der Waals surface area contributed by atoms with Crippen LogP contribution in [0.15, 0.2) is 122 Å². The van der Waals surface area contributed by atoms with Crippen LogP contribution in [0, 0.1) is 0 Å². The molecule has 0 saturated heterocycles. The fourth-order valence-electron chi connectivity index (χ4n) is 4.13. The van der Waals surface area contributed by atoms with Crippen molar-refractivity contribution < 1.29 is 19.8 Å². The van der Waals surface area contributed by atoms with Crippen LogP contribution in [0.5, 0.6) is 0 Å². The van der Waals surface area contributed by atoms with Gasteiger partial charge in [-0.25, -0.2) is 0 Å². The van der Waals surface area contributed by atoms with E-state index in [1.54, 1.807) is 0 Å². The molecule has 0 heterocycles. The molecule has 0 aliphatic heterocycles. The molecule has 0 aromatic heterocycles. The Bertz CT molecular complexity index is 1010. The van der Waals surface area contributed by atoms with Gasteiger partial charge in [0.2, 0.25) is 0 Å². The molecular weight excluding hydrogens is 592 g/mol. The van der Waals surface area contributed by atoms with E-state index >= 15 is 0 Å². The third kappa shape index (κ3) is 49.2. The van der Waals surface area contributed by atoms with Crippen molar-refractivity contribution in [1.29, 1.82) is 0 Å². The Hall–Kier alpha value is -3.66. The van der Waals surface area contributed by atoms with Gasteiger partial charge in [-0.05, 0) is 109 Å². The second-order valence-electron chi connectivity index (χ2n) is 11.4. The van der Waals surface area contributed by atoms with E-state index in [4.69, 9.17) is 10.2 Å². The van der Waals surface area contributed by atoms with Gasteiger partial charge in [0.25, 0.3) is 0 Å². The fraction of sp³-hybridized carbons (Fsp3) is 0.500. The predicted molar refractivity (Wildman–Crippen MR) is 210 cm³/mol. The Labute approximate surface area is 294 Å². The average Bonchev–Trinajstić information content (AvgIpc) is 3.07. The fourth-order valence-corrected chi connectivity index (χ4v) is 4.13. The Morgan fingerprint density at radius 2 is 0.625 bits per heavy atom. The number of carboxylic acids is 2. The van der Waals surface area contributed by atoms with Crippen LogP contribution in [0.2, 0.25) is 0 Å². The van der Waals surface area contributed by atoms with Gasteiger partial charge in [-0.2, -0.15) is 0 Å². The second-order valence-corrected chi connectivity index (χ2v) is 11.4. The Balaban J connectivity index is 0. The quantitative estimate of drug-likeness (QED) is 0.0594. The summed E-state index contributed by atoms with van der Waals surface area (Å²) in [5.41, 5.74) is 0. The lowest BCUT2D eigenvalue weighted by atomic mass is 10.1. The average molecular weight is 661 g/mol. The number of hydrogen-bond donors (Lipinski definition) is 2. The summed E-state index contributed by atoms with van der Waals surface area (Å²) >= 11 is 0. The van der Waals surface area contributed by atoms with E-state index in [0.29, 0.717) is 12.8 Å². The molecule has 0 rings (SSSR count). The zero-order chi connectivity index (χ0) is 35.4. The van der Waals surface area contributed by atoms with Gasteiger partial charge in [-0.3, -0.25) is 9.59 Å². The van der Waals surface area contributed by atoms with Gasteiger partial charge in [0.15, 0.2) is 0 Å². The van der Waals surface area contributed by atoms with Crippen molar-refractivity contribution in [3.8, 4) is 0 Å². The molecule has 2 N–H and O–H groups in total. The highest BCUT2D eigenvalue weighted by Crippen LogP contribution is 2.05. The smallest absolute Gasteiger partial charge is 0.303 e. The molecule has 0 saturated carbocycles. The molecule has 268 valence electrons. The SMILES string of the molecule is CC/C=C\C/C=C\C/C=C\C/C=C\C/C=C\CCCCCC(=O)O.CCC=CCCC=CCC=CCCC=CCCC=CCCC(=O)O. The first-order valence-corrected chi connectivity index (χ1v) is 18.5. The highest BCUT2D eigenvalue weighted by molar-refractivity contribution is 5.67. The van der Waals surface area contributed by atoms with E-state index in [0.717, 1.165) is 109 Å². The third-order valence-electron chi connectivity index (χ3n) is 6.79. The van der Waals surface area contributed by atoms with Crippen molar-refractivity contribution in [1.82, 2.24) is 0 Å². The highest BCUT2D eigenvalue weighted by atomic mass is 16.4. The lowest BCUT2D eigenvalue weighted by Gasteiger charge is -1.94. The molecule has 0 radical (unpaired) electrons.